The second-order valence-corrected chi connectivity index (χ2v) is 5.57. The lowest BCUT2D eigenvalue weighted by Crippen LogP contribution is -2.32. The minimum atomic E-state index is 0.965. The van der Waals surface area contributed by atoms with Crippen LogP contribution in [-0.2, 0) is 19.4 Å². The van der Waals surface area contributed by atoms with E-state index in [0.717, 1.165) is 38.1 Å². The largest absolute Gasteiger partial charge is 0.300 e. The second-order valence-electron chi connectivity index (χ2n) is 5.57. The van der Waals surface area contributed by atoms with Crippen molar-refractivity contribution in [1.82, 2.24) is 19.3 Å². The van der Waals surface area contributed by atoms with Gasteiger partial charge in [-0.25, -0.2) is 4.98 Å². The third-order valence-corrected chi connectivity index (χ3v) is 4.21. The van der Waals surface area contributed by atoms with Gasteiger partial charge in [-0.05, 0) is 12.0 Å². The Morgan fingerprint density at radius 2 is 2.05 bits per heavy atom. The lowest BCUT2D eigenvalue weighted by molar-refractivity contribution is 0.252. The normalized spacial score (nSPS) is 15.2. The highest BCUT2D eigenvalue weighted by Gasteiger charge is 2.20. The van der Waals surface area contributed by atoms with E-state index < -0.39 is 0 Å². The van der Waals surface area contributed by atoms with Gasteiger partial charge in [-0.2, -0.15) is 0 Å². The van der Waals surface area contributed by atoms with Crippen molar-refractivity contribution in [2.45, 2.75) is 19.4 Å². The summed E-state index contributed by atoms with van der Waals surface area (Å²) in [5.41, 5.74) is 4.93. The molecule has 2 aromatic heterocycles. The summed E-state index contributed by atoms with van der Waals surface area (Å²) in [6.07, 6.45) is 7.83. The Morgan fingerprint density at radius 1 is 1.14 bits per heavy atom. The fourth-order valence-electron chi connectivity index (χ4n) is 3.05. The molecule has 0 fully saturated rings. The molecular weight excluding hydrogens is 260 g/mol. The summed E-state index contributed by atoms with van der Waals surface area (Å²) in [5.74, 6) is 0. The van der Waals surface area contributed by atoms with Crippen LogP contribution in [-0.4, -0.2) is 32.4 Å². The topological polar surface area (TPSA) is 33.4 Å². The Bertz CT molecular complexity index is 748. The highest BCUT2D eigenvalue weighted by Crippen LogP contribution is 2.20. The van der Waals surface area contributed by atoms with Crippen LogP contribution in [0.4, 0.5) is 0 Å². The third-order valence-electron chi connectivity index (χ3n) is 4.21. The third kappa shape index (κ3) is 2.43. The van der Waals surface area contributed by atoms with E-state index in [4.69, 9.17) is 0 Å². The van der Waals surface area contributed by atoms with Gasteiger partial charge in [0.25, 0.3) is 0 Å². The van der Waals surface area contributed by atoms with Crippen LogP contribution in [0, 0.1) is 0 Å². The number of fused-ring (bicyclic) bond motifs is 3. The van der Waals surface area contributed by atoms with Gasteiger partial charge in [0.15, 0.2) is 5.65 Å². The number of aromatic nitrogens is 3. The molecule has 3 aromatic rings. The number of imidazole rings is 1. The quantitative estimate of drug-likeness (QED) is 0.737. The average Bonchev–Trinajstić information content (AvgIpc) is 2.92. The van der Waals surface area contributed by atoms with Crippen molar-refractivity contribution in [2.75, 3.05) is 13.1 Å². The molecular formula is C17H18N4. The summed E-state index contributed by atoms with van der Waals surface area (Å²) >= 11 is 0. The summed E-state index contributed by atoms with van der Waals surface area (Å²) < 4.78 is 2.18. The van der Waals surface area contributed by atoms with Gasteiger partial charge in [0, 0.05) is 38.4 Å². The molecule has 4 nitrogen and oxygen atoms in total. The van der Waals surface area contributed by atoms with E-state index in [0.29, 0.717) is 0 Å². The molecule has 4 heteroatoms. The molecule has 3 heterocycles. The zero-order valence-electron chi connectivity index (χ0n) is 11.9. The first-order chi connectivity index (χ1) is 10.4. The monoisotopic (exact) mass is 278 g/mol. The Hall–Kier alpha value is -2.20. The van der Waals surface area contributed by atoms with Crippen molar-refractivity contribution < 1.29 is 0 Å². The zero-order chi connectivity index (χ0) is 14.1. The predicted octanol–water partition coefficient (Wildman–Crippen LogP) is 2.33. The van der Waals surface area contributed by atoms with Crippen LogP contribution in [0.3, 0.4) is 0 Å². The van der Waals surface area contributed by atoms with Crippen LogP contribution in [0.25, 0.3) is 5.65 Å². The molecule has 4 rings (SSSR count). The van der Waals surface area contributed by atoms with Gasteiger partial charge in [-0.3, -0.25) is 14.3 Å². The van der Waals surface area contributed by atoms with Gasteiger partial charge in [0.05, 0.1) is 17.6 Å². The minimum Gasteiger partial charge on any atom is -0.300 e. The maximum absolute atomic E-state index is 4.68. The fourth-order valence-corrected chi connectivity index (χ4v) is 3.05. The molecule has 0 saturated carbocycles. The van der Waals surface area contributed by atoms with Crippen LogP contribution in [0.15, 0.2) is 48.9 Å². The maximum Gasteiger partial charge on any atom is 0.155 e. The highest BCUT2D eigenvalue weighted by molar-refractivity contribution is 5.41. The molecule has 106 valence electrons. The summed E-state index contributed by atoms with van der Waals surface area (Å²) in [5, 5.41) is 0. The van der Waals surface area contributed by atoms with Crippen molar-refractivity contribution in [3.8, 4) is 0 Å². The van der Waals surface area contributed by atoms with E-state index in [1.807, 2.05) is 18.6 Å². The van der Waals surface area contributed by atoms with Gasteiger partial charge in [0.1, 0.15) is 0 Å². The van der Waals surface area contributed by atoms with Gasteiger partial charge in [-0.1, -0.05) is 30.3 Å². The van der Waals surface area contributed by atoms with Crippen molar-refractivity contribution in [2.24, 2.45) is 0 Å². The fraction of sp³-hybridized carbons (Fsp3) is 0.294. The molecule has 0 saturated heterocycles. The lowest BCUT2D eigenvalue weighted by Gasteiger charge is -2.26. The van der Waals surface area contributed by atoms with E-state index >= 15 is 0 Å². The van der Waals surface area contributed by atoms with Gasteiger partial charge >= 0.3 is 0 Å². The van der Waals surface area contributed by atoms with Crippen molar-refractivity contribution in [3.63, 3.8) is 0 Å². The lowest BCUT2D eigenvalue weighted by atomic mass is 10.1. The molecule has 21 heavy (non-hydrogen) atoms. The van der Waals surface area contributed by atoms with E-state index in [9.17, 15) is 0 Å². The maximum atomic E-state index is 4.68. The van der Waals surface area contributed by atoms with E-state index in [1.165, 1.54) is 17.0 Å². The molecule has 0 unspecified atom stereocenters. The minimum absolute atomic E-state index is 0.965. The Kier molecular flexibility index (Phi) is 3.16. The van der Waals surface area contributed by atoms with Crippen LogP contribution in [0.2, 0.25) is 0 Å². The van der Waals surface area contributed by atoms with Crippen LogP contribution in [0.5, 0.6) is 0 Å². The van der Waals surface area contributed by atoms with E-state index in [-0.39, 0.29) is 0 Å². The number of hydrogen-bond donors (Lipinski definition) is 0. The van der Waals surface area contributed by atoms with Crippen LogP contribution < -0.4 is 0 Å². The first-order valence-corrected chi connectivity index (χ1v) is 7.46. The second kappa shape index (κ2) is 5.30. The predicted molar refractivity (Wildman–Crippen MR) is 82.1 cm³/mol. The average molecular weight is 278 g/mol. The van der Waals surface area contributed by atoms with E-state index in [1.54, 1.807) is 0 Å². The molecule has 0 bridgehead atoms. The molecule has 0 radical (unpaired) electrons. The van der Waals surface area contributed by atoms with Gasteiger partial charge in [-0.15, -0.1) is 0 Å². The molecule has 0 amide bonds. The Morgan fingerprint density at radius 3 is 2.95 bits per heavy atom. The standard InChI is InChI=1S/C17H18N4/c1-2-4-14(5-3-1)6-9-20-10-7-15-16(13-20)21-11-8-18-12-17(21)19-15/h1-5,8,11-12H,6-7,9-10,13H2. The van der Waals surface area contributed by atoms with E-state index in [2.05, 4.69) is 49.6 Å². The van der Waals surface area contributed by atoms with Crippen molar-refractivity contribution in [1.29, 1.82) is 0 Å². The number of hydrogen-bond acceptors (Lipinski definition) is 3. The number of benzene rings is 1. The molecule has 1 aliphatic rings. The number of rotatable bonds is 3. The Labute approximate surface area is 124 Å². The zero-order valence-corrected chi connectivity index (χ0v) is 11.9. The summed E-state index contributed by atoms with van der Waals surface area (Å²) in [4.78, 5) is 11.4. The smallest absolute Gasteiger partial charge is 0.155 e. The summed E-state index contributed by atoms with van der Waals surface area (Å²) in [6, 6.07) is 10.7. The summed E-state index contributed by atoms with van der Waals surface area (Å²) in [7, 11) is 0. The molecule has 0 N–H and O–H groups in total. The molecule has 0 atom stereocenters. The number of nitrogens with zero attached hydrogens (tertiary/aromatic N) is 4. The highest BCUT2D eigenvalue weighted by atomic mass is 15.2. The summed E-state index contributed by atoms with van der Waals surface area (Å²) in [6.45, 7) is 3.17. The van der Waals surface area contributed by atoms with Gasteiger partial charge < -0.3 is 0 Å². The first-order valence-electron chi connectivity index (χ1n) is 7.46. The van der Waals surface area contributed by atoms with Gasteiger partial charge in [0.2, 0.25) is 0 Å². The SMILES string of the molecule is c1ccc(CCN2CCc3nc4cnccn4c3C2)cc1. The van der Waals surface area contributed by atoms with Crippen LogP contribution >= 0.6 is 0 Å². The van der Waals surface area contributed by atoms with Crippen molar-refractivity contribution >= 4 is 5.65 Å². The molecule has 0 spiro atoms. The molecule has 1 aromatic carbocycles. The first kappa shape index (κ1) is 12.5. The molecule has 1 aliphatic heterocycles. The van der Waals surface area contributed by atoms with Crippen LogP contribution in [0.1, 0.15) is 17.0 Å². The Balaban J connectivity index is 1.51. The van der Waals surface area contributed by atoms with Crippen molar-refractivity contribution in [3.05, 3.63) is 65.9 Å². The molecule has 0 aliphatic carbocycles.